The maximum Gasteiger partial charge on any atom is 0.136 e. The summed E-state index contributed by atoms with van der Waals surface area (Å²) in [6.07, 6.45) is 0. The summed E-state index contributed by atoms with van der Waals surface area (Å²) >= 11 is 1.83. The Hall–Kier alpha value is -7.20. The van der Waals surface area contributed by atoms with Gasteiger partial charge in [0.15, 0.2) is 0 Å². The van der Waals surface area contributed by atoms with Gasteiger partial charge in [0.2, 0.25) is 0 Å². The predicted octanol–water partition coefficient (Wildman–Crippen LogP) is 16.3. The summed E-state index contributed by atoms with van der Waals surface area (Å²) in [5.74, 6) is 0. The molecule has 0 aliphatic carbocycles. The van der Waals surface area contributed by atoms with E-state index in [1.807, 2.05) is 23.5 Å². The topological polar surface area (TPSA) is 26.3 Å². The molecule has 0 N–H and O–H groups in total. The van der Waals surface area contributed by atoms with Crippen LogP contribution < -0.4 is 0 Å². The Labute approximate surface area is 330 Å². The van der Waals surface area contributed by atoms with Gasteiger partial charge in [0.1, 0.15) is 22.3 Å². The first kappa shape index (κ1) is 31.1. The van der Waals surface area contributed by atoms with Crippen molar-refractivity contribution >= 4 is 108 Å². The van der Waals surface area contributed by atoms with Crippen molar-refractivity contribution in [3.63, 3.8) is 0 Å². The lowest BCUT2D eigenvalue weighted by atomic mass is 9.85. The highest BCUT2D eigenvalue weighted by atomic mass is 32.1. The molecule has 0 amide bonds. The van der Waals surface area contributed by atoms with Gasteiger partial charge in [-0.05, 0) is 108 Å². The fourth-order valence-corrected chi connectivity index (χ4v) is 10.7. The molecular weight excluding hydrogens is 713 g/mol. The summed E-state index contributed by atoms with van der Waals surface area (Å²) in [6, 6.07) is 66.1. The number of hydrogen-bond donors (Lipinski definition) is 0. The van der Waals surface area contributed by atoms with E-state index in [1.165, 1.54) is 91.1 Å². The van der Waals surface area contributed by atoms with Crippen molar-refractivity contribution in [2.24, 2.45) is 0 Å². The minimum absolute atomic E-state index is 0.908. The molecule has 13 aromatic rings. The highest BCUT2D eigenvalue weighted by Gasteiger charge is 2.20. The molecular formula is C54H30O2S. The molecule has 0 spiro atoms. The summed E-state index contributed by atoms with van der Waals surface area (Å²) in [7, 11) is 0. The van der Waals surface area contributed by atoms with Gasteiger partial charge in [-0.3, -0.25) is 0 Å². The fourth-order valence-electron chi connectivity index (χ4n) is 9.55. The lowest BCUT2D eigenvalue weighted by Crippen LogP contribution is -1.91. The van der Waals surface area contributed by atoms with Gasteiger partial charge in [0, 0.05) is 41.7 Å². The molecule has 0 saturated heterocycles. The highest BCUT2D eigenvalue weighted by Crippen LogP contribution is 2.47. The van der Waals surface area contributed by atoms with Crippen molar-refractivity contribution < 1.29 is 8.83 Å². The van der Waals surface area contributed by atoms with Gasteiger partial charge in [-0.15, -0.1) is 11.3 Å². The Balaban J connectivity index is 0.985. The molecule has 0 unspecified atom stereocenters. The number of fused-ring (bicyclic) bond motifs is 13. The van der Waals surface area contributed by atoms with Crippen molar-refractivity contribution in [3.8, 4) is 33.4 Å². The lowest BCUT2D eigenvalue weighted by molar-refractivity contribution is 0.669. The Kier molecular flexibility index (Phi) is 6.35. The normalized spacial score (nSPS) is 12.2. The van der Waals surface area contributed by atoms with Crippen LogP contribution in [0.5, 0.6) is 0 Å². The van der Waals surface area contributed by atoms with E-state index in [-0.39, 0.29) is 0 Å². The number of para-hydroxylation sites is 1. The van der Waals surface area contributed by atoms with E-state index in [0.29, 0.717) is 0 Å². The monoisotopic (exact) mass is 742 g/mol. The molecule has 3 heterocycles. The fraction of sp³-hybridized carbons (Fsp3) is 0. The molecule has 264 valence electrons. The number of hydrogen-bond acceptors (Lipinski definition) is 3. The molecule has 0 radical (unpaired) electrons. The van der Waals surface area contributed by atoms with Crippen LogP contribution in [0.25, 0.3) is 130 Å². The van der Waals surface area contributed by atoms with E-state index in [0.717, 1.165) is 38.7 Å². The van der Waals surface area contributed by atoms with Gasteiger partial charge in [-0.25, -0.2) is 0 Å². The average molecular weight is 743 g/mol. The van der Waals surface area contributed by atoms with Crippen molar-refractivity contribution in [2.75, 3.05) is 0 Å². The van der Waals surface area contributed by atoms with Crippen molar-refractivity contribution in [2.45, 2.75) is 0 Å². The molecule has 13 rings (SSSR count). The maximum atomic E-state index is 6.71. The van der Waals surface area contributed by atoms with Crippen LogP contribution in [0.4, 0.5) is 0 Å². The van der Waals surface area contributed by atoms with Crippen LogP contribution in [-0.2, 0) is 0 Å². The second-order valence-corrected chi connectivity index (χ2v) is 16.2. The van der Waals surface area contributed by atoms with Crippen LogP contribution in [0.1, 0.15) is 0 Å². The summed E-state index contributed by atoms with van der Waals surface area (Å²) < 4.78 is 15.5. The van der Waals surface area contributed by atoms with E-state index in [1.54, 1.807) is 0 Å². The molecule has 0 atom stereocenters. The van der Waals surface area contributed by atoms with Crippen LogP contribution in [-0.4, -0.2) is 0 Å². The number of furan rings is 2. The minimum Gasteiger partial charge on any atom is -0.456 e. The molecule has 0 aliphatic heterocycles. The third-order valence-electron chi connectivity index (χ3n) is 12.1. The Morgan fingerprint density at radius 2 is 0.825 bits per heavy atom. The second kappa shape index (κ2) is 11.7. The van der Waals surface area contributed by atoms with E-state index in [9.17, 15) is 0 Å². The molecule has 0 fully saturated rings. The standard InChI is InChI=1S/C54H30O2S/c1-2-14-37-34(11-1)42(29-49-54(37)45-28-44-36-13-8-10-20-50(36)57-51(44)30-48(45)56-49)31-21-23-32(24-22-31)52-38-15-3-5-17-40(38)53(41-18-6-4-16-39(41)52)33-25-26-47-43(27-33)35-12-7-9-19-46(35)55-47/h1-30H. The summed E-state index contributed by atoms with van der Waals surface area (Å²) in [5, 5.41) is 14.6. The van der Waals surface area contributed by atoms with E-state index >= 15 is 0 Å². The highest BCUT2D eigenvalue weighted by molar-refractivity contribution is 7.25. The van der Waals surface area contributed by atoms with Gasteiger partial charge in [-0.2, -0.15) is 0 Å². The molecule has 57 heavy (non-hydrogen) atoms. The Morgan fingerprint density at radius 1 is 0.281 bits per heavy atom. The second-order valence-electron chi connectivity index (χ2n) is 15.1. The van der Waals surface area contributed by atoms with Crippen LogP contribution >= 0.6 is 11.3 Å². The van der Waals surface area contributed by atoms with Crippen LogP contribution in [0.15, 0.2) is 191 Å². The molecule has 10 aromatic carbocycles. The van der Waals surface area contributed by atoms with Crippen LogP contribution in [0, 0.1) is 0 Å². The Bertz CT molecular complexity index is 3750. The SMILES string of the molecule is c1ccc2c(c1)oc1ccc(-c3c4ccccc4c(-c4ccc(-c5cc6oc7cc8sc9ccccc9c8cc7c6c6ccccc56)cc4)c4ccccc34)cc12. The van der Waals surface area contributed by atoms with Crippen LogP contribution in [0.3, 0.4) is 0 Å². The van der Waals surface area contributed by atoms with Crippen molar-refractivity contribution in [1.82, 2.24) is 0 Å². The van der Waals surface area contributed by atoms with E-state index in [4.69, 9.17) is 8.83 Å². The zero-order chi connectivity index (χ0) is 37.2. The zero-order valence-corrected chi connectivity index (χ0v) is 31.4. The first-order valence-electron chi connectivity index (χ1n) is 19.4. The molecule has 2 nitrogen and oxygen atoms in total. The third kappa shape index (κ3) is 4.46. The van der Waals surface area contributed by atoms with Gasteiger partial charge in [0.05, 0.1) is 0 Å². The summed E-state index contributed by atoms with van der Waals surface area (Å²) in [5.41, 5.74) is 10.9. The van der Waals surface area contributed by atoms with Gasteiger partial charge < -0.3 is 8.83 Å². The largest absolute Gasteiger partial charge is 0.456 e. The maximum absolute atomic E-state index is 6.71. The first-order valence-corrected chi connectivity index (χ1v) is 20.2. The number of rotatable bonds is 3. The van der Waals surface area contributed by atoms with Crippen molar-refractivity contribution in [1.29, 1.82) is 0 Å². The van der Waals surface area contributed by atoms with Crippen molar-refractivity contribution in [3.05, 3.63) is 182 Å². The smallest absolute Gasteiger partial charge is 0.136 e. The predicted molar refractivity (Wildman–Crippen MR) is 243 cm³/mol. The van der Waals surface area contributed by atoms with Gasteiger partial charge in [0.25, 0.3) is 0 Å². The minimum atomic E-state index is 0.908. The quantitative estimate of drug-likeness (QED) is 0.169. The lowest BCUT2D eigenvalue weighted by Gasteiger charge is -2.18. The molecule has 0 bridgehead atoms. The molecule has 3 heteroatoms. The summed E-state index contributed by atoms with van der Waals surface area (Å²) in [6.45, 7) is 0. The molecule has 3 aromatic heterocycles. The first-order chi connectivity index (χ1) is 28.2. The average Bonchev–Trinajstić information content (AvgIpc) is 3.95. The third-order valence-corrected chi connectivity index (χ3v) is 13.2. The van der Waals surface area contributed by atoms with E-state index in [2.05, 4.69) is 170 Å². The number of thiophene rings is 1. The Morgan fingerprint density at radius 3 is 1.56 bits per heavy atom. The van der Waals surface area contributed by atoms with Crippen LogP contribution in [0.2, 0.25) is 0 Å². The summed E-state index contributed by atoms with van der Waals surface area (Å²) in [4.78, 5) is 0. The van der Waals surface area contributed by atoms with E-state index < -0.39 is 0 Å². The van der Waals surface area contributed by atoms with Gasteiger partial charge in [-0.1, -0.05) is 140 Å². The van der Waals surface area contributed by atoms with Gasteiger partial charge >= 0.3 is 0 Å². The molecule has 0 saturated carbocycles. The number of benzene rings is 10. The zero-order valence-electron chi connectivity index (χ0n) is 30.5. The molecule has 0 aliphatic rings.